The number of aromatic nitrogens is 2. The number of nitrogens with zero attached hydrogens (tertiary/aromatic N) is 4. The minimum atomic E-state index is 0. The first-order chi connectivity index (χ1) is 10.2. The molecule has 0 unspecified atom stereocenters. The number of piperidine rings is 1. The first-order valence-corrected chi connectivity index (χ1v) is 7.91. The van der Waals surface area contributed by atoms with Gasteiger partial charge in [-0.1, -0.05) is 0 Å². The molecule has 0 spiro atoms. The Morgan fingerprint density at radius 3 is 2.59 bits per heavy atom. The molecule has 7 heteroatoms. The van der Waals surface area contributed by atoms with Gasteiger partial charge in [-0.2, -0.15) is 5.10 Å². The summed E-state index contributed by atoms with van der Waals surface area (Å²) in [6.07, 6.45) is 6.00. The SMILES string of the molecule is CN(C(=O)C1CNC1)C1CCN(CCn2cccn2)CC1.Cl. The van der Waals surface area contributed by atoms with Crippen LogP contribution in [0.2, 0.25) is 0 Å². The molecule has 124 valence electrons. The van der Waals surface area contributed by atoms with Crippen LogP contribution in [0.25, 0.3) is 0 Å². The van der Waals surface area contributed by atoms with Gasteiger partial charge in [0.25, 0.3) is 0 Å². The number of carbonyl (C=O) groups excluding carboxylic acids is 1. The minimum absolute atomic E-state index is 0. The van der Waals surface area contributed by atoms with Gasteiger partial charge in [0.1, 0.15) is 0 Å². The highest BCUT2D eigenvalue weighted by Gasteiger charge is 2.32. The number of carbonyl (C=O) groups is 1. The van der Waals surface area contributed by atoms with Crippen LogP contribution in [-0.4, -0.2) is 71.3 Å². The fraction of sp³-hybridized carbons (Fsp3) is 0.733. The maximum atomic E-state index is 12.2. The molecule has 22 heavy (non-hydrogen) atoms. The summed E-state index contributed by atoms with van der Waals surface area (Å²) >= 11 is 0. The van der Waals surface area contributed by atoms with Gasteiger partial charge in [0.15, 0.2) is 0 Å². The zero-order valence-electron chi connectivity index (χ0n) is 13.1. The van der Waals surface area contributed by atoms with Gasteiger partial charge in [-0.05, 0) is 18.9 Å². The van der Waals surface area contributed by atoms with Crippen LogP contribution in [0.3, 0.4) is 0 Å². The molecule has 2 aliphatic heterocycles. The van der Waals surface area contributed by atoms with Crippen LogP contribution in [0, 0.1) is 5.92 Å². The second kappa shape index (κ2) is 7.94. The monoisotopic (exact) mass is 327 g/mol. The molecule has 3 heterocycles. The van der Waals surface area contributed by atoms with Gasteiger partial charge in [-0.15, -0.1) is 12.4 Å². The quantitative estimate of drug-likeness (QED) is 0.853. The van der Waals surface area contributed by atoms with Crippen LogP contribution in [0.4, 0.5) is 0 Å². The largest absolute Gasteiger partial charge is 0.342 e. The highest BCUT2D eigenvalue weighted by atomic mass is 35.5. The molecule has 1 aromatic heterocycles. The van der Waals surface area contributed by atoms with Crippen molar-refractivity contribution in [2.24, 2.45) is 5.92 Å². The lowest BCUT2D eigenvalue weighted by atomic mass is 9.98. The van der Waals surface area contributed by atoms with Crippen LogP contribution in [0.1, 0.15) is 12.8 Å². The first kappa shape index (κ1) is 17.2. The molecule has 1 N–H and O–H groups in total. The van der Waals surface area contributed by atoms with Crippen molar-refractivity contribution < 1.29 is 4.79 Å². The van der Waals surface area contributed by atoms with E-state index in [9.17, 15) is 4.79 Å². The molecular weight excluding hydrogens is 302 g/mol. The fourth-order valence-electron chi connectivity index (χ4n) is 3.14. The van der Waals surface area contributed by atoms with Gasteiger partial charge in [0, 0.05) is 58.2 Å². The summed E-state index contributed by atoms with van der Waals surface area (Å²) < 4.78 is 1.98. The summed E-state index contributed by atoms with van der Waals surface area (Å²) in [7, 11) is 1.98. The standard InChI is InChI=1S/C15H25N5O.ClH/c1-18(15(21)13-11-16-12-13)14-3-7-19(8-4-14)9-10-20-6-2-5-17-20;/h2,5-6,13-14,16H,3-4,7-12H2,1H3;1H. The molecule has 0 aromatic carbocycles. The number of halogens is 1. The van der Waals surface area contributed by atoms with Crippen LogP contribution in [-0.2, 0) is 11.3 Å². The lowest BCUT2D eigenvalue weighted by Gasteiger charge is -2.39. The molecule has 0 atom stereocenters. The number of likely N-dealkylation sites (tertiary alicyclic amines) is 1. The Morgan fingerprint density at radius 1 is 1.32 bits per heavy atom. The topological polar surface area (TPSA) is 53.4 Å². The van der Waals surface area contributed by atoms with Crippen LogP contribution in [0.15, 0.2) is 18.5 Å². The van der Waals surface area contributed by atoms with Gasteiger partial charge in [0.2, 0.25) is 5.91 Å². The smallest absolute Gasteiger partial charge is 0.228 e. The Bertz CT molecular complexity index is 455. The number of rotatable bonds is 5. The number of amides is 1. The van der Waals surface area contributed by atoms with Gasteiger partial charge < -0.3 is 15.1 Å². The molecule has 1 aromatic rings. The van der Waals surface area contributed by atoms with E-state index in [0.29, 0.717) is 11.9 Å². The minimum Gasteiger partial charge on any atom is -0.342 e. The van der Waals surface area contributed by atoms with Crippen molar-refractivity contribution >= 4 is 18.3 Å². The number of hydrogen-bond donors (Lipinski definition) is 1. The molecule has 0 aliphatic carbocycles. The number of nitrogens with one attached hydrogen (secondary N) is 1. The molecule has 0 saturated carbocycles. The Kier molecular flexibility index (Phi) is 6.23. The van der Waals surface area contributed by atoms with Crippen molar-refractivity contribution in [3.05, 3.63) is 18.5 Å². The summed E-state index contributed by atoms with van der Waals surface area (Å²) in [5.41, 5.74) is 0. The van der Waals surface area contributed by atoms with Crippen molar-refractivity contribution in [3.8, 4) is 0 Å². The zero-order chi connectivity index (χ0) is 14.7. The molecule has 0 bridgehead atoms. The molecule has 0 radical (unpaired) electrons. The third-order valence-electron chi connectivity index (χ3n) is 4.79. The zero-order valence-corrected chi connectivity index (χ0v) is 14.0. The first-order valence-electron chi connectivity index (χ1n) is 7.91. The Morgan fingerprint density at radius 2 is 2.05 bits per heavy atom. The average Bonchev–Trinajstić information content (AvgIpc) is 2.96. The lowest BCUT2D eigenvalue weighted by Crippen LogP contribution is -2.54. The molecule has 6 nitrogen and oxygen atoms in total. The molecule has 2 fully saturated rings. The molecule has 2 saturated heterocycles. The molecule has 3 rings (SSSR count). The van der Waals surface area contributed by atoms with E-state index >= 15 is 0 Å². The van der Waals surface area contributed by atoms with Gasteiger partial charge in [-0.3, -0.25) is 9.48 Å². The van der Waals surface area contributed by atoms with E-state index in [-0.39, 0.29) is 18.3 Å². The van der Waals surface area contributed by atoms with Crippen LogP contribution in [0.5, 0.6) is 0 Å². The van der Waals surface area contributed by atoms with Crippen molar-refractivity contribution in [1.29, 1.82) is 0 Å². The molecule has 2 aliphatic rings. The average molecular weight is 328 g/mol. The normalized spacial score (nSPS) is 20.2. The Hall–Kier alpha value is -1.11. The van der Waals surface area contributed by atoms with E-state index < -0.39 is 0 Å². The van der Waals surface area contributed by atoms with Gasteiger partial charge in [-0.25, -0.2) is 0 Å². The predicted octanol–water partition coefficient (Wildman–Crippen LogP) is 0.447. The van der Waals surface area contributed by atoms with Crippen molar-refractivity contribution in [2.75, 3.05) is 39.8 Å². The summed E-state index contributed by atoms with van der Waals surface area (Å²) in [5.74, 6) is 0.539. The van der Waals surface area contributed by atoms with E-state index in [1.54, 1.807) is 0 Å². The number of hydrogen-bond acceptors (Lipinski definition) is 4. The Labute approximate surface area is 138 Å². The van der Waals surface area contributed by atoms with Crippen molar-refractivity contribution in [1.82, 2.24) is 24.9 Å². The Balaban J connectivity index is 0.00000176. The van der Waals surface area contributed by atoms with Crippen LogP contribution >= 0.6 is 12.4 Å². The van der Waals surface area contributed by atoms with E-state index in [1.807, 2.05) is 35.1 Å². The van der Waals surface area contributed by atoms with Crippen molar-refractivity contribution in [3.63, 3.8) is 0 Å². The van der Waals surface area contributed by atoms with Crippen LogP contribution < -0.4 is 5.32 Å². The maximum Gasteiger partial charge on any atom is 0.228 e. The lowest BCUT2D eigenvalue weighted by molar-refractivity contribution is -0.138. The van der Waals surface area contributed by atoms with Gasteiger partial charge in [0.05, 0.1) is 12.5 Å². The highest BCUT2D eigenvalue weighted by molar-refractivity contribution is 5.85. The second-order valence-electron chi connectivity index (χ2n) is 6.15. The second-order valence-corrected chi connectivity index (χ2v) is 6.15. The third kappa shape index (κ3) is 4.00. The third-order valence-corrected chi connectivity index (χ3v) is 4.79. The highest BCUT2D eigenvalue weighted by Crippen LogP contribution is 2.18. The fourth-order valence-corrected chi connectivity index (χ4v) is 3.14. The molecular formula is C15H26ClN5O. The van der Waals surface area contributed by atoms with Gasteiger partial charge >= 0.3 is 0 Å². The van der Waals surface area contributed by atoms with E-state index in [4.69, 9.17) is 0 Å². The summed E-state index contributed by atoms with van der Waals surface area (Å²) in [6, 6.07) is 2.38. The van der Waals surface area contributed by atoms with E-state index in [0.717, 1.165) is 52.1 Å². The maximum absolute atomic E-state index is 12.2. The predicted molar refractivity (Wildman–Crippen MR) is 88.1 cm³/mol. The van der Waals surface area contributed by atoms with Crippen molar-refractivity contribution in [2.45, 2.75) is 25.4 Å². The molecule has 1 amide bonds. The summed E-state index contributed by atoms with van der Waals surface area (Å²) in [6.45, 7) is 5.84. The summed E-state index contributed by atoms with van der Waals surface area (Å²) in [4.78, 5) is 16.7. The summed E-state index contributed by atoms with van der Waals surface area (Å²) in [5, 5.41) is 7.41. The van der Waals surface area contributed by atoms with E-state index in [1.165, 1.54) is 0 Å². The van der Waals surface area contributed by atoms with E-state index in [2.05, 4.69) is 15.3 Å².